The van der Waals surface area contributed by atoms with Crippen LogP contribution in [0.25, 0.3) is 11.3 Å². The lowest BCUT2D eigenvalue weighted by Gasteiger charge is -2.03. The average molecular weight is 247 g/mol. The number of nitrogens with zero attached hydrogens (tertiary/aromatic N) is 1. The number of rotatable bonds is 4. The number of aromatic nitrogens is 1. The average Bonchev–Trinajstić information content (AvgIpc) is 2.73. The first-order valence-electron chi connectivity index (χ1n) is 5.56. The second-order valence-electron chi connectivity index (χ2n) is 3.75. The zero-order valence-electron chi connectivity index (χ0n) is 10.1. The Hall–Kier alpha value is -2.30. The van der Waals surface area contributed by atoms with Crippen LogP contribution in [0, 0.1) is 6.92 Å². The summed E-state index contributed by atoms with van der Waals surface area (Å²) in [6, 6.07) is 7.23. The molecule has 0 aliphatic heterocycles. The Morgan fingerprint density at radius 3 is 2.56 bits per heavy atom. The summed E-state index contributed by atoms with van der Waals surface area (Å²) in [4.78, 5) is 10.9. The number of hydrogen-bond donors (Lipinski definition) is 1. The first kappa shape index (κ1) is 12.2. The smallest absolute Gasteiger partial charge is 0.358 e. The van der Waals surface area contributed by atoms with Gasteiger partial charge < -0.3 is 14.4 Å². The molecule has 1 N–H and O–H groups in total. The van der Waals surface area contributed by atoms with Gasteiger partial charge in [-0.3, -0.25) is 0 Å². The van der Waals surface area contributed by atoms with Gasteiger partial charge in [-0.2, -0.15) is 0 Å². The number of carboxylic acids is 1. The van der Waals surface area contributed by atoms with Crippen molar-refractivity contribution in [2.24, 2.45) is 0 Å². The minimum absolute atomic E-state index is 0.0566. The maximum Gasteiger partial charge on any atom is 0.358 e. The van der Waals surface area contributed by atoms with Crippen LogP contribution in [0.2, 0.25) is 0 Å². The molecule has 0 spiro atoms. The van der Waals surface area contributed by atoms with Gasteiger partial charge in [0, 0.05) is 11.1 Å². The Bertz CT molecular complexity index is 557. The maximum absolute atomic E-state index is 10.9. The molecule has 0 bridgehead atoms. The maximum atomic E-state index is 10.9. The summed E-state index contributed by atoms with van der Waals surface area (Å²) in [5, 5.41) is 12.4. The van der Waals surface area contributed by atoms with E-state index in [1.54, 1.807) is 19.1 Å². The summed E-state index contributed by atoms with van der Waals surface area (Å²) < 4.78 is 10.4. The Balaban J connectivity index is 2.34. The highest BCUT2D eigenvalue weighted by Crippen LogP contribution is 2.27. The first-order valence-corrected chi connectivity index (χ1v) is 5.56. The van der Waals surface area contributed by atoms with Crippen molar-refractivity contribution in [1.82, 2.24) is 5.16 Å². The molecule has 0 radical (unpaired) electrons. The molecule has 18 heavy (non-hydrogen) atoms. The topological polar surface area (TPSA) is 72.6 Å². The molecule has 94 valence electrons. The molecule has 2 aromatic rings. The number of hydrogen-bond acceptors (Lipinski definition) is 4. The molecule has 0 atom stereocenters. The predicted octanol–water partition coefficient (Wildman–Crippen LogP) is 2.75. The van der Waals surface area contributed by atoms with E-state index in [0.29, 0.717) is 17.9 Å². The van der Waals surface area contributed by atoms with Crippen LogP contribution in [-0.4, -0.2) is 22.8 Å². The highest BCUT2D eigenvalue weighted by Gasteiger charge is 2.18. The lowest BCUT2D eigenvalue weighted by atomic mass is 10.1. The molecule has 0 aliphatic carbocycles. The molecule has 0 aliphatic rings. The van der Waals surface area contributed by atoms with Gasteiger partial charge in [0.15, 0.2) is 11.5 Å². The van der Waals surface area contributed by atoms with Gasteiger partial charge in [-0.1, -0.05) is 5.16 Å². The Labute approximate surface area is 104 Å². The third kappa shape index (κ3) is 2.20. The van der Waals surface area contributed by atoms with Crippen LogP contribution < -0.4 is 4.74 Å². The summed E-state index contributed by atoms with van der Waals surface area (Å²) in [7, 11) is 0. The van der Waals surface area contributed by atoms with Crippen LogP contribution in [0.3, 0.4) is 0 Å². The van der Waals surface area contributed by atoms with E-state index >= 15 is 0 Å². The van der Waals surface area contributed by atoms with Crippen LogP contribution in [0.4, 0.5) is 0 Å². The van der Waals surface area contributed by atoms with Crippen LogP contribution in [-0.2, 0) is 0 Å². The monoisotopic (exact) mass is 247 g/mol. The molecule has 5 heteroatoms. The fourth-order valence-corrected chi connectivity index (χ4v) is 1.67. The highest BCUT2D eigenvalue weighted by molar-refractivity contribution is 5.88. The largest absolute Gasteiger partial charge is 0.494 e. The molecule has 0 unspecified atom stereocenters. The highest BCUT2D eigenvalue weighted by atomic mass is 16.5. The number of aromatic carboxylic acids is 1. The zero-order valence-corrected chi connectivity index (χ0v) is 10.1. The van der Waals surface area contributed by atoms with Gasteiger partial charge in [0.05, 0.1) is 6.61 Å². The van der Waals surface area contributed by atoms with E-state index in [1.165, 1.54) is 0 Å². The van der Waals surface area contributed by atoms with E-state index in [-0.39, 0.29) is 5.69 Å². The van der Waals surface area contributed by atoms with Gasteiger partial charge in [-0.15, -0.1) is 0 Å². The molecular formula is C13H13NO4. The summed E-state index contributed by atoms with van der Waals surface area (Å²) in [6.45, 7) is 4.18. The summed E-state index contributed by atoms with van der Waals surface area (Å²) in [6.07, 6.45) is 0. The van der Waals surface area contributed by atoms with E-state index < -0.39 is 5.97 Å². The number of carbonyl (C=O) groups is 1. The van der Waals surface area contributed by atoms with E-state index in [9.17, 15) is 4.79 Å². The minimum Gasteiger partial charge on any atom is -0.494 e. The Kier molecular flexibility index (Phi) is 3.32. The second kappa shape index (κ2) is 4.91. The van der Waals surface area contributed by atoms with Crippen LogP contribution in [0.15, 0.2) is 28.8 Å². The number of carboxylic acid groups (broad SMARTS) is 1. The molecule has 0 amide bonds. The third-order valence-electron chi connectivity index (χ3n) is 2.55. The van der Waals surface area contributed by atoms with Crippen LogP contribution in [0.5, 0.6) is 5.75 Å². The van der Waals surface area contributed by atoms with E-state index in [4.69, 9.17) is 14.4 Å². The van der Waals surface area contributed by atoms with Crippen molar-refractivity contribution in [2.45, 2.75) is 13.8 Å². The fourth-order valence-electron chi connectivity index (χ4n) is 1.67. The molecule has 5 nitrogen and oxygen atoms in total. The second-order valence-corrected chi connectivity index (χ2v) is 3.75. The van der Waals surface area contributed by atoms with Gasteiger partial charge in [-0.25, -0.2) is 4.79 Å². The molecule has 1 heterocycles. The quantitative estimate of drug-likeness (QED) is 0.899. The summed E-state index contributed by atoms with van der Waals surface area (Å²) >= 11 is 0. The number of benzene rings is 1. The van der Waals surface area contributed by atoms with Crippen molar-refractivity contribution in [3.8, 4) is 17.1 Å². The summed E-state index contributed by atoms with van der Waals surface area (Å²) in [5.74, 6) is 0.140. The molecule has 1 aromatic carbocycles. The molecule has 0 fully saturated rings. The van der Waals surface area contributed by atoms with Gasteiger partial charge >= 0.3 is 5.97 Å². The van der Waals surface area contributed by atoms with Crippen molar-refractivity contribution < 1.29 is 19.2 Å². The molecule has 1 aromatic heterocycles. The van der Waals surface area contributed by atoms with Gasteiger partial charge in [0.25, 0.3) is 0 Å². The van der Waals surface area contributed by atoms with E-state index in [2.05, 4.69) is 5.16 Å². The SMILES string of the molecule is CCOc1ccc(-c2onc(C(=O)O)c2C)cc1. The Morgan fingerprint density at radius 2 is 2.06 bits per heavy atom. The molecule has 0 saturated carbocycles. The lowest BCUT2D eigenvalue weighted by molar-refractivity contribution is 0.0685. The van der Waals surface area contributed by atoms with Gasteiger partial charge in [0.2, 0.25) is 0 Å². The lowest BCUT2D eigenvalue weighted by Crippen LogP contribution is -1.98. The van der Waals surface area contributed by atoms with E-state index in [1.807, 2.05) is 19.1 Å². The minimum atomic E-state index is -1.09. The number of ether oxygens (including phenoxy) is 1. The van der Waals surface area contributed by atoms with E-state index in [0.717, 1.165) is 11.3 Å². The standard InChI is InChI=1S/C13H13NO4/c1-3-17-10-6-4-9(5-7-10)12-8(2)11(13(15)16)14-18-12/h4-7H,3H2,1-2H3,(H,15,16). The molecule has 2 rings (SSSR count). The van der Waals surface area contributed by atoms with Crippen molar-refractivity contribution >= 4 is 5.97 Å². The zero-order chi connectivity index (χ0) is 13.1. The molecule has 0 saturated heterocycles. The van der Waals surface area contributed by atoms with Crippen molar-refractivity contribution in [1.29, 1.82) is 0 Å². The third-order valence-corrected chi connectivity index (χ3v) is 2.55. The van der Waals surface area contributed by atoms with Crippen molar-refractivity contribution in [2.75, 3.05) is 6.61 Å². The van der Waals surface area contributed by atoms with Gasteiger partial charge in [0.1, 0.15) is 5.75 Å². The first-order chi connectivity index (χ1) is 8.63. The molecular weight excluding hydrogens is 234 g/mol. The predicted molar refractivity (Wildman–Crippen MR) is 64.8 cm³/mol. The van der Waals surface area contributed by atoms with Crippen molar-refractivity contribution in [3.05, 3.63) is 35.5 Å². The van der Waals surface area contributed by atoms with Gasteiger partial charge in [-0.05, 0) is 38.1 Å². The summed E-state index contributed by atoms with van der Waals surface area (Å²) in [5.41, 5.74) is 1.24. The normalized spacial score (nSPS) is 10.3. The fraction of sp³-hybridized carbons (Fsp3) is 0.231. The Morgan fingerprint density at radius 1 is 1.39 bits per heavy atom. The van der Waals surface area contributed by atoms with Crippen LogP contribution in [0.1, 0.15) is 23.0 Å². The van der Waals surface area contributed by atoms with Crippen LogP contribution >= 0.6 is 0 Å². The van der Waals surface area contributed by atoms with Crippen molar-refractivity contribution in [3.63, 3.8) is 0 Å².